The van der Waals surface area contributed by atoms with Crippen molar-refractivity contribution in [2.24, 2.45) is 0 Å². The largest absolute Gasteiger partial charge is 0.415 e. The molecule has 1 fully saturated rings. The van der Waals surface area contributed by atoms with Gasteiger partial charge in [0.25, 0.3) is 0 Å². The fraction of sp³-hybridized carbons (Fsp3) is 0.333. The minimum absolute atomic E-state index is 0.237. The lowest BCUT2D eigenvalue weighted by molar-refractivity contribution is 0.0417. The average Bonchev–Trinajstić information content (AvgIpc) is 2.51. The molecular formula is C15H14Cl2N2O3. The molecule has 116 valence electrons. The lowest BCUT2D eigenvalue weighted by atomic mass is 10.2. The molecule has 1 aliphatic heterocycles. The molecule has 0 N–H and O–H groups in total. The number of amides is 1. The molecule has 1 amide bonds. The Morgan fingerprint density at radius 1 is 1.27 bits per heavy atom. The van der Waals surface area contributed by atoms with Crippen LogP contribution >= 0.6 is 23.2 Å². The van der Waals surface area contributed by atoms with Gasteiger partial charge in [-0.15, -0.1) is 0 Å². The molecule has 0 unspecified atom stereocenters. The van der Waals surface area contributed by atoms with Crippen molar-refractivity contribution < 1.29 is 14.3 Å². The Labute approximate surface area is 137 Å². The molecule has 0 spiro atoms. The molecule has 0 atom stereocenters. The van der Waals surface area contributed by atoms with Crippen molar-refractivity contribution in [3.8, 4) is 5.75 Å². The third-order valence-corrected chi connectivity index (χ3v) is 4.03. The Balaban J connectivity index is 1.99. The van der Waals surface area contributed by atoms with E-state index in [0.717, 1.165) is 5.69 Å². The van der Waals surface area contributed by atoms with Crippen LogP contribution in [0.15, 0.2) is 18.2 Å². The number of fused-ring (bicyclic) bond motifs is 1. The molecule has 7 heteroatoms. The summed E-state index contributed by atoms with van der Waals surface area (Å²) in [6.45, 7) is 3.84. The highest BCUT2D eigenvalue weighted by Gasteiger charge is 2.22. The van der Waals surface area contributed by atoms with E-state index in [-0.39, 0.29) is 10.8 Å². The van der Waals surface area contributed by atoms with Gasteiger partial charge < -0.3 is 14.4 Å². The number of nitrogens with zero attached hydrogens (tertiary/aromatic N) is 2. The van der Waals surface area contributed by atoms with Crippen LogP contribution in [0.1, 0.15) is 5.69 Å². The summed E-state index contributed by atoms with van der Waals surface area (Å²) in [7, 11) is 0. The van der Waals surface area contributed by atoms with E-state index in [2.05, 4.69) is 4.98 Å². The summed E-state index contributed by atoms with van der Waals surface area (Å²) in [5.74, 6) is 0.237. The molecule has 1 saturated heterocycles. The van der Waals surface area contributed by atoms with E-state index >= 15 is 0 Å². The van der Waals surface area contributed by atoms with E-state index in [1.807, 2.05) is 19.1 Å². The smallest absolute Gasteiger partial charge is 0.406 e. The van der Waals surface area contributed by atoms with Gasteiger partial charge in [-0.3, -0.25) is 0 Å². The summed E-state index contributed by atoms with van der Waals surface area (Å²) < 4.78 is 10.7. The van der Waals surface area contributed by atoms with Gasteiger partial charge in [-0.2, -0.15) is 0 Å². The number of hydrogen-bond acceptors (Lipinski definition) is 4. The van der Waals surface area contributed by atoms with E-state index in [0.29, 0.717) is 42.2 Å². The maximum absolute atomic E-state index is 12.3. The summed E-state index contributed by atoms with van der Waals surface area (Å²) in [6, 6.07) is 5.24. The molecule has 0 aliphatic carbocycles. The van der Waals surface area contributed by atoms with Crippen LogP contribution in [-0.4, -0.2) is 42.3 Å². The van der Waals surface area contributed by atoms with Gasteiger partial charge in [-0.1, -0.05) is 23.2 Å². The Morgan fingerprint density at radius 2 is 2.00 bits per heavy atom. The van der Waals surface area contributed by atoms with Crippen LogP contribution in [0.25, 0.3) is 10.9 Å². The zero-order valence-electron chi connectivity index (χ0n) is 11.9. The van der Waals surface area contributed by atoms with Crippen molar-refractivity contribution in [3.63, 3.8) is 0 Å². The average molecular weight is 341 g/mol. The third-order valence-electron chi connectivity index (χ3n) is 3.44. The first kappa shape index (κ1) is 15.3. The number of rotatable bonds is 1. The number of halogens is 2. The zero-order chi connectivity index (χ0) is 15.7. The van der Waals surface area contributed by atoms with Gasteiger partial charge in [0, 0.05) is 24.2 Å². The minimum Gasteiger partial charge on any atom is -0.406 e. The number of ether oxygens (including phenoxy) is 2. The first-order chi connectivity index (χ1) is 10.6. The molecule has 0 bridgehead atoms. The number of hydrogen-bond donors (Lipinski definition) is 0. The number of morpholine rings is 1. The van der Waals surface area contributed by atoms with Gasteiger partial charge in [0.05, 0.1) is 23.3 Å². The Hall–Kier alpha value is -1.56. The molecule has 0 saturated carbocycles. The summed E-state index contributed by atoms with van der Waals surface area (Å²) in [5, 5.41) is 1.43. The second-order valence-electron chi connectivity index (χ2n) is 4.99. The first-order valence-corrected chi connectivity index (χ1v) is 7.61. The molecule has 2 heterocycles. The summed E-state index contributed by atoms with van der Waals surface area (Å²) in [6.07, 6.45) is -0.461. The Kier molecular flexibility index (Phi) is 4.38. The van der Waals surface area contributed by atoms with Crippen molar-refractivity contribution in [3.05, 3.63) is 33.9 Å². The molecule has 22 heavy (non-hydrogen) atoms. The molecule has 2 aromatic rings. The number of carbonyl (C=O) groups excluding carboxylic acids is 1. The zero-order valence-corrected chi connectivity index (χ0v) is 13.4. The number of aromatic nitrogens is 1. The SMILES string of the molecule is Cc1ccc2c(Cl)cc(Cl)c(OC(=O)N3CCOCC3)c2n1. The monoisotopic (exact) mass is 340 g/mol. The number of pyridine rings is 1. The Bertz CT molecular complexity index is 730. The van der Waals surface area contributed by atoms with Gasteiger partial charge in [-0.25, -0.2) is 9.78 Å². The van der Waals surface area contributed by atoms with Crippen LogP contribution < -0.4 is 4.74 Å². The van der Waals surface area contributed by atoms with Crippen LogP contribution in [0, 0.1) is 6.92 Å². The van der Waals surface area contributed by atoms with Crippen LogP contribution in [-0.2, 0) is 4.74 Å². The maximum Gasteiger partial charge on any atom is 0.415 e. The van der Waals surface area contributed by atoms with Gasteiger partial charge in [-0.05, 0) is 25.1 Å². The quantitative estimate of drug-likeness (QED) is 0.794. The molecule has 5 nitrogen and oxygen atoms in total. The topological polar surface area (TPSA) is 51.7 Å². The van der Waals surface area contributed by atoms with Crippen LogP contribution in [0.3, 0.4) is 0 Å². The highest BCUT2D eigenvalue weighted by Crippen LogP contribution is 2.37. The second-order valence-corrected chi connectivity index (χ2v) is 5.80. The second kappa shape index (κ2) is 6.28. The molecule has 1 aromatic heterocycles. The lowest BCUT2D eigenvalue weighted by Gasteiger charge is -2.26. The van der Waals surface area contributed by atoms with Crippen molar-refractivity contribution in [1.29, 1.82) is 0 Å². The predicted molar refractivity (Wildman–Crippen MR) is 84.9 cm³/mol. The van der Waals surface area contributed by atoms with Crippen molar-refractivity contribution in [1.82, 2.24) is 9.88 Å². The first-order valence-electron chi connectivity index (χ1n) is 6.86. The van der Waals surface area contributed by atoms with Crippen molar-refractivity contribution >= 4 is 40.2 Å². The summed E-state index contributed by atoms with van der Waals surface area (Å²) >= 11 is 12.4. The lowest BCUT2D eigenvalue weighted by Crippen LogP contribution is -2.42. The van der Waals surface area contributed by atoms with Gasteiger partial charge in [0.15, 0.2) is 5.75 Å². The standard InChI is InChI=1S/C15H14Cl2N2O3/c1-9-2-3-10-11(16)8-12(17)14(13(10)18-9)22-15(20)19-4-6-21-7-5-19/h2-3,8H,4-7H2,1H3. The molecular weight excluding hydrogens is 327 g/mol. The molecule has 1 aromatic carbocycles. The Morgan fingerprint density at radius 3 is 2.73 bits per heavy atom. The normalized spacial score (nSPS) is 15.1. The highest BCUT2D eigenvalue weighted by atomic mass is 35.5. The molecule has 0 radical (unpaired) electrons. The summed E-state index contributed by atoms with van der Waals surface area (Å²) in [4.78, 5) is 18.2. The van der Waals surface area contributed by atoms with Gasteiger partial charge in [0.1, 0.15) is 5.52 Å². The van der Waals surface area contributed by atoms with Crippen molar-refractivity contribution in [2.75, 3.05) is 26.3 Å². The van der Waals surface area contributed by atoms with Gasteiger partial charge >= 0.3 is 6.09 Å². The summed E-state index contributed by atoms with van der Waals surface area (Å²) in [5.41, 5.74) is 1.27. The van der Waals surface area contributed by atoms with Crippen LogP contribution in [0.5, 0.6) is 5.75 Å². The molecule has 3 rings (SSSR count). The van der Waals surface area contributed by atoms with E-state index in [9.17, 15) is 4.79 Å². The highest BCUT2D eigenvalue weighted by molar-refractivity contribution is 6.39. The van der Waals surface area contributed by atoms with Gasteiger partial charge in [0.2, 0.25) is 0 Å². The molecule has 1 aliphatic rings. The van der Waals surface area contributed by atoms with Crippen LogP contribution in [0.2, 0.25) is 10.0 Å². The van der Waals surface area contributed by atoms with E-state index in [4.69, 9.17) is 32.7 Å². The minimum atomic E-state index is -0.461. The third kappa shape index (κ3) is 2.97. The predicted octanol–water partition coefficient (Wildman–Crippen LogP) is 3.68. The number of aryl methyl sites for hydroxylation is 1. The van der Waals surface area contributed by atoms with E-state index in [1.165, 1.54) is 0 Å². The fourth-order valence-corrected chi connectivity index (χ4v) is 2.84. The number of carbonyl (C=O) groups is 1. The fourth-order valence-electron chi connectivity index (χ4n) is 2.29. The van der Waals surface area contributed by atoms with E-state index < -0.39 is 6.09 Å². The van der Waals surface area contributed by atoms with E-state index in [1.54, 1.807) is 11.0 Å². The maximum atomic E-state index is 12.3. The van der Waals surface area contributed by atoms with Crippen LogP contribution in [0.4, 0.5) is 4.79 Å². The number of benzene rings is 1. The van der Waals surface area contributed by atoms with Crippen molar-refractivity contribution in [2.45, 2.75) is 6.92 Å².